The number of anilines is 1. The summed E-state index contributed by atoms with van der Waals surface area (Å²) in [6, 6.07) is 6.56. The van der Waals surface area contributed by atoms with E-state index in [1.165, 1.54) is 6.42 Å². The minimum Gasteiger partial charge on any atom is -0.325 e. The fraction of sp³-hybridized carbons (Fsp3) is 0.462. The molecule has 1 heterocycles. The van der Waals surface area contributed by atoms with Crippen LogP contribution in [-0.4, -0.2) is 32.4 Å². The predicted octanol–water partition coefficient (Wildman–Crippen LogP) is 1.49. The maximum Gasteiger partial charge on any atom is 0.321 e. The number of amides is 2. The Labute approximate surface area is 119 Å². The van der Waals surface area contributed by atoms with Gasteiger partial charge < -0.3 is 10.2 Å². The van der Waals surface area contributed by atoms with Crippen molar-refractivity contribution in [3.8, 4) is 0 Å². The molecule has 110 valence electrons. The van der Waals surface area contributed by atoms with Crippen molar-refractivity contribution in [1.82, 2.24) is 4.90 Å². The Hall–Kier alpha value is -1.60. The zero-order chi connectivity index (χ0) is 14.6. The van der Waals surface area contributed by atoms with Crippen molar-refractivity contribution in [3.05, 3.63) is 29.8 Å². The molecule has 7 heteroatoms. The zero-order valence-electron chi connectivity index (χ0n) is 11.2. The van der Waals surface area contributed by atoms with Crippen molar-refractivity contribution < 1.29 is 13.2 Å². The zero-order valence-corrected chi connectivity index (χ0v) is 12.0. The van der Waals surface area contributed by atoms with Crippen molar-refractivity contribution in [1.29, 1.82) is 0 Å². The molecule has 3 N–H and O–H groups in total. The van der Waals surface area contributed by atoms with Gasteiger partial charge in [-0.05, 0) is 37.0 Å². The Morgan fingerprint density at radius 1 is 1.15 bits per heavy atom. The highest BCUT2D eigenvalue weighted by atomic mass is 32.2. The summed E-state index contributed by atoms with van der Waals surface area (Å²) in [6.45, 7) is 1.57. The fourth-order valence-corrected chi connectivity index (χ4v) is 2.87. The van der Waals surface area contributed by atoms with Crippen LogP contribution < -0.4 is 10.5 Å². The van der Waals surface area contributed by atoms with Crippen LogP contribution in [0.4, 0.5) is 10.5 Å². The van der Waals surface area contributed by atoms with Crippen LogP contribution in [0.2, 0.25) is 0 Å². The molecule has 1 aromatic rings. The lowest BCUT2D eigenvalue weighted by Crippen LogP contribution is -2.38. The Morgan fingerprint density at radius 2 is 1.75 bits per heavy atom. The molecule has 20 heavy (non-hydrogen) atoms. The summed E-state index contributed by atoms with van der Waals surface area (Å²) in [6.07, 6.45) is 3.26. The second kappa shape index (κ2) is 6.23. The number of carbonyl (C=O) groups excluding carboxylic acids is 1. The van der Waals surface area contributed by atoms with E-state index in [-0.39, 0.29) is 11.8 Å². The second-order valence-electron chi connectivity index (χ2n) is 4.98. The van der Waals surface area contributed by atoms with E-state index in [4.69, 9.17) is 5.14 Å². The van der Waals surface area contributed by atoms with Crippen molar-refractivity contribution in [2.45, 2.75) is 25.0 Å². The average molecular weight is 297 g/mol. The van der Waals surface area contributed by atoms with Gasteiger partial charge in [-0.25, -0.2) is 18.4 Å². The minimum absolute atomic E-state index is 0.108. The maximum absolute atomic E-state index is 12.0. The molecule has 0 atom stereocenters. The van der Waals surface area contributed by atoms with E-state index in [0.29, 0.717) is 11.3 Å². The molecule has 0 aromatic heterocycles. The van der Waals surface area contributed by atoms with E-state index in [0.717, 1.165) is 25.9 Å². The first-order valence-electron chi connectivity index (χ1n) is 6.59. The third kappa shape index (κ3) is 4.50. The van der Waals surface area contributed by atoms with Crippen LogP contribution in [0, 0.1) is 0 Å². The number of hydrogen-bond acceptors (Lipinski definition) is 3. The Bertz CT molecular complexity index is 563. The van der Waals surface area contributed by atoms with Crippen LogP contribution in [0.1, 0.15) is 24.8 Å². The van der Waals surface area contributed by atoms with Crippen LogP contribution in [0.15, 0.2) is 24.3 Å². The third-order valence-corrected chi connectivity index (χ3v) is 3.95. The molecule has 0 bridgehead atoms. The van der Waals surface area contributed by atoms with Crippen LogP contribution in [0.3, 0.4) is 0 Å². The highest BCUT2D eigenvalue weighted by molar-refractivity contribution is 7.88. The molecule has 0 aliphatic carbocycles. The molecule has 0 saturated carbocycles. The number of piperidine rings is 1. The number of likely N-dealkylation sites (tertiary alicyclic amines) is 1. The summed E-state index contributed by atoms with van der Waals surface area (Å²) in [5.74, 6) is -0.201. The van der Waals surface area contributed by atoms with Gasteiger partial charge in [-0.15, -0.1) is 0 Å². The van der Waals surface area contributed by atoms with Crippen molar-refractivity contribution in [3.63, 3.8) is 0 Å². The van der Waals surface area contributed by atoms with Crippen LogP contribution in [-0.2, 0) is 15.8 Å². The average Bonchev–Trinajstić information content (AvgIpc) is 2.40. The SMILES string of the molecule is NS(=O)(=O)Cc1ccc(NC(=O)N2CCCCC2)cc1. The van der Waals surface area contributed by atoms with Crippen molar-refractivity contribution in [2.75, 3.05) is 18.4 Å². The number of benzene rings is 1. The van der Waals surface area contributed by atoms with Gasteiger partial charge in [0.25, 0.3) is 0 Å². The third-order valence-electron chi connectivity index (χ3n) is 3.22. The van der Waals surface area contributed by atoms with Gasteiger partial charge in [0.15, 0.2) is 0 Å². The first kappa shape index (κ1) is 14.8. The number of nitrogens with zero attached hydrogens (tertiary/aromatic N) is 1. The molecular weight excluding hydrogens is 278 g/mol. The maximum atomic E-state index is 12.0. The lowest BCUT2D eigenvalue weighted by Gasteiger charge is -2.26. The standard InChI is InChI=1S/C13H19N3O3S/c14-20(18,19)10-11-4-6-12(7-5-11)15-13(17)16-8-2-1-3-9-16/h4-7H,1-3,8-10H2,(H,15,17)(H2,14,18,19). The van der Waals surface area contributed by atoms with Crippen molar-refractivity contribution >= 4 is 21.7 Å². The lowest BCUT2D eigenvalue weighted by atomic mass is 10.1. The smallest absolute Gasteiger partial charge is 0.321 e. The van der Waals surface area contributed by atoms with Gasteiger partial charge in [0.2, 0.25) is 10.0 Å². The summed E-state index contributed by atoms with van der Waals surface area (Å²) in [4.78, 5) is 13.8. The molecule has 1 saturated heterocycles. The molecular formula is C13H19N3O3S. The van der Waals surface area contributed by atoms with E-state index in [1.54, 1.807) is 29.2 Å². The molecule has 0 spiro atoms. The summed E-state index contributed by atoms with van der Waals surface area (Å²) in [5.41, 5.74) is 1.25. The first-order valence-corrected chi connectivity index (χ1v) is 8.31. The first-order chi connectivity index (χ1) is 9.44. The van der Waals surface area contributed by atoms with E-state index in [1.807, 2.05) is 0 Å². The van der Waals surface area contributed by atoms with Gasteiger partial charge >= 0.3 is 6.03 Å². The largest absolute Gasteiger partial charge is 0.325 e. The number of nitrogens with one attached hydrogen (secondary N) is 1. The van der Waals surface area contributed by atoms with Crippen LogP contribution >= 0.6 is 0 Å². The highest BCUT2D eigenvalue weighted by Crippen LogP contribution is 2.14. The van der Waals surface area contributed by atoms with Gasteiger partial charge in [0.05, 0.1) is 5.75 Å². The van der Waals surface area contributed by atoms with Gasteiger partial charge in [0, 0.05) is 18.8 Å². The molecule has 2 amide bonds. The molecule has 1 aliphatic heterocycles. The van der Waals surface area contributed by atoms with Gasteiger partial charge in [0.1, 0.15) is 0 Å². The van der Waals surface area contributed by atoms with Crippen LogP contribution in [0.25, 0.3) is 0 Å². The van der Waals surface area contributed by atoms with Gasteiger partial charge in [-0.3, -0.25) is 0 Å². The monoisotopic (exact) mass is 297 g/mol. The van der Waals surface area contributed by atoms with Gasteiger partial charge in [-0.1, -0.05) is 12.1 Å². The van der Waals surface area contributed by atoms with Gasteiger partial charge in [-0.2, -0.15) is 0 Å². The molecule has 1 fully saturated rings. The number of sulfonamides is 1. The Morgan fingerprint density at radius 3 is 2.30 bits per heavy atom. The van der Waals surface area contributed by atoms with E-state index in [9.17, 15) is 13.2 Å². The minimum atomic E-state index is -3.53. The molecule has 0 unspecified atom stereocenters. The Balaban J connectivity index is 1.94. The number of nitrogens with two attached hydrogens (primary N) is 1. The predicted molar refractivity (Wildman–Crippen MR) is 77.7 cm³/mol. The normalized spacial score (nSPS) is 15.9. The quantitative estimate of drug-likeness (QED) is 0.885. The van der Waals surface area contributed by atoms with Crippen molar-refractivity contribution in [2.24, 2.45) is 5.14 Å². The summed E-state index contributed by atoms with van der Waals surface area (Å²) in [7, 11) is -3.53. The number of primary sulfonamides is 1. The number of rotatable bonds is 3. The lowest BCUT2D eigenvalue weighted by molar-refractivity contribution is 0.200. The number of hydrogen-bond donors (Lipinski definition) is 2. The number of urea groups is 1. The molecule has 0 radical (unpaired) electrons. The molecule has 2 rings (SSSR count). The Kier molecular flexibility index (Phi) is 4.61. The molecule has 6 nitrogen and oxygen atoms in total. The molecule has 1 aromatic carbocycles. The van der Waals surface area contributed by atoms with E-state index < -0.39 is 10.0 Å². The van der Waals surface area contributed by atoms with E-state index in [2.05, 4.69) is 5.32 Å². The summed E-state index contributed by atoms with van der Waals surface area (Å²) < 4.78 is 21.9. The fourth-order valence-electron chi connectivity index (χ4n) is 2.22. The van der Waals surface area contributed by atoms with Crippen LogP contribution in [0.5, 0.6) is 0 Å². The summed E-state index contributed by atoms with van der Waals surface area (Å²) in [5, 5.41) is 7.79. The summed E-state index contributed by atoms with van der Waals surface area (Å²) >= 11 is 0. The number of carbonyl (C=O) groups is 1. The molecule has 1 aliphatic rings. The highest BCUT2D eigenvalue weighted by Gasteiger charge is 2.16. The van der Waals surface area contributed by atoms with E-state index >= 15 is 0 Å². The topological polar surface area (TPSA) is 92.5 Å². The second-order valence-corrected chi connectivity index (χ2v) is 6.60.